The number of hydrogen-bond donors (Lipinski definition) is 0. The SMILES string of the molecule is Cc1ccc(S(=O)(=O)c2nc(-c3ccc(C(C)(C)C)nc3)ns2)cc1. The Bertz CT molecular complexity index is 984. The van der Waals surface area contributed by atoms with Gasteiger partial charge in [0.05, 0.1) is 4.90 Å². The Hall–Kier alpha value is -2.12. The minimum atomic E-state index is -3.65. The van der Waals surface area contributed by atoms with Crippen molar-refractivity contribution in [3.05, 3.63) is 53.9 Å². The molecule has 5 nitrogen and oxygen atoms in total. The van der Waals surface area contributed by atoms with Crippen LogP contribution in [0.2, 0.25) is 0 Å². The molecule has 0 fully saturated rings. The van der Waals surface area contributed by atoms with Crippen molar-refractivity contribution >= 4 is 21.4 Å². The number of hydrogen-bond acceptors (Lipinski definition) is 6. The second-order valence-electron chi connectivity index (χ2n) is 6.88. The summed E-state index contributed by atoms with van der Waals surface area (Å²) in [6.45, 7) is 8.17. The first-order valence-corrected chi connectivity index (χ1v) is 10.1. The van der Waals surface area contributed by atoms with Gasteiger partial charge in [-0.3, -0.25) is 4.98 Å². The van der Waals surface area contributed by atoms with Crippen molar-refractivity contribution in [3.8, 4) is 11.4 Å². The van der Waals surface area contributed by atoms with Gasteiger partial charge in [0.1, 0.15) is 0 Å². The van der Waals surface area contributed by atoms with Gasteiger partial charge in [-0.25, -0.2) is 13.4 Å². The molecule has 7 heteroatoms. The third kappa shape index (κ3) is 3.62. The summed E-state index contributed by atoms with van der Waals surface area (Å²) in [6.07, 6.45) is 1.69. The van der Waals surface area contributed by atoms with Crippen LogP contribution < -0.4 is 0 Å². The van der Waals surface area contributed by atoms with E-state index in [0.29, 0.717) is 11.4 Å². The highest BCUT2D eigenvalue weighted by Crippen LogP contribution is 2.27. The van der Waals surface area contributed by atoms with Gasteiger partial charge in [-0.15, -0.1) is 0 Å². The van der Waals surface area contributed by atoms with Crippen LogP contribution in [0.3, 0.4) is 0 Å². The fourth-order valence-corrected chi connectivity index (χ4v) is 4.36. The standard InChI is InChI=1S/C18H19N3O2S2/c1-12-5-8-14(9-6-12)25(22,23)17-20-16(21-24-17)13-7-10-15(19-11-13)18(2,3)4/h5-11H,1-4H3. The maximum absolute atomic E-state index is 12.7. The van der Waals surface area contributed by atoms with E-state index in [4.69, 9.17) is 0 Å². The van der Waals surface area contributed by atoms with Crippen molar-refractivity contribution in [1.29, 1.82) is 0 Å². The topological polar surface area (TPSA) is 72.8 Å². The summed E-state index contributed by atoms with van der Waals surface area (Å²) >= 11 is 0.883. The summed E-state index contributed by atoms with van der Waals surface area (Å²) in [7, 11) is -3.65. The molecule has 0 saturated heterocycles. The van der Waals surface area contributed by atoms with Crippen LogP contribution in [0.25, 0.3) is 11.4 Å². The Morgan fingerprint density at radius 1 is 1.00 bits per heavy atom. The molecule has 3 aromatic rings. The molecule has 0 atom stereocenters. The third-order valence-electron chi connectivity index (χ3n) is 3.76. The average Bonchev–Trinajstić information content (AvgIpc) is 3.05. The second-order valence-corrected chi connectivity index (χ2v) is 9.76. The molecule has 0 spiro atoms. The van der Waals surface area contributed by atoms with Gasteiger partial charge >= 0.3 is 0 Å². The Morgan fingerprint density at radius 3 is 2.24 bits per heavy atom. The van der Waals surface area contributed by atoms with Gasteiger partial charge in [-0.05, 0) is 42.7 Å². The molecule has 0 bridgehead atoms. The maximum Gasteiger partial charge on any atom is 0.235 e. The lowest BCUT2D eigenvalue weighted by molar-refractivity contribution is 0.569. The maximum atomic E-state index is 12.7. The molecule has 0 aliphatic carbocycles. The number of aryl methyl sites for hydroxylation is 1. The molecule has 0 saturated carbocycles. The summed E-state index contributed by atoms with van der Waals surface area (Å²) in [4.78, 5) is 8.89. The van der Waals surface area contributed by atoms with E-state index < -0.39 is 9.84 Å². The van der Waals surface area contributed by atoms with Crippen LogP contribution in [0.5, 0.6) is 0 Å². The first-order valence-electron chi connectivity index (χ1n) is 7.80. The van der Waals surface area contributed by atoms with E-state index in [1.54, 1.807) is 30.5 Å². The number of nitrogens with zero attached hydrogens (tertiary/aromatic N) is 3. The van der Waals surface area contributed by atoms with Crippen molar-refractivity contribution in [2.45, 2.75) is 42.3 Å². The quantitative estimate of drug-likeness (QED) is 0.693. The highest BCUT2D eigenvalue weighted by Gasteiger charge is 2.23. The zero-order chi connectivity index (χ0) is 18.2. The van der Waals surface area contributed by atoms with E-state index >= 15 is 0 Å². The first kappa shape index (κ1) is 17.7. The molecular formula is C18H19N3O2S2. The molecule has 0 aliphatic heterocycles. The molecule has 0 unspecified atom stereocenters. The minimum absolute atomic E-state index is 0.00810. The van der Waals surface area contributed by atoms with E-state index in [9.17, 15) is 8.42 Å². The van der Waals surface area contributed by atoms with Crippen LogP contribution in [0.4, 0.5) is 0 Å². The lowest BCUT2D eigenvalue weighted by Crippen LogP contribution is -2.12. The largest absolute Gasteiger partial charge is 0.260 e. The van der Waals surface area contributed by atoms with Gasteiger partial charge in [0.2, 0.25) is 14.2 Å². The van der Waals surface area contributed by atoms with Crippen molar-refractivity contribution in [3.63, 3.8) is 0 Å². The van der Waals surface area contributed by atoms with Crippen LogP contribution in [0, 0.1) is 6.92 Å². The average molecular weight is 374 g/mol. The number of rotatable bonds is 3. The monoisotopic (exact) mass is 373 g/mol. The molecule has 0 aliphatic rings. The van der Waals surface area contributed by atoms with Crippen LogP contribution in [0.1, 0.15) is 32.0 Å². The van der Waals surface area contributed by atoms with E-state index in [1.807, 2.05) is 19.1 Å². The van der Waals surface area contributed by atoms with Gasteiger partial charge in [-0.2, -0.15) is 4.37 Å². The molecule has 0 N–H and O–H groups in total. The predicted molar refractivity (Wildman–Crippen MR) is 98.5 cm³/mol. The van der Waals surface area contributed by atoms with E-state index in [2.05, 4.69) is 35.1 Å². The number of sulfone groups is 1. The zero-order valence-corrected chi connectivity index (χ0v) is 16.1. The molecule has 130 valence electrons. The Kier molecular flexibility index (Phi) is 4.47. The van der Waals surface area contributed by atoms with Crippen molar-refractivity contribution < 1.29 is 8.42 Å². The highest BCUT2D eigenvalue weighted by atomic mass is 32.2. The third-order valence-corrected chi connectivity index (χ3v) is 6.60. The van der Waals surface area contributed by atoms with Gasteiger partial charge in [0.15, 0.2) is 5.82 Å². The molecule has 3 rings (SSSR count). The zero-order valence-electron chi connectivity index (χ0n) is 14.5. The second kappa shape index (κ2) is 6.31. The number of benzene rings is 1. The van der Waals surface area contributed by atoms with Gasteiger partial charge in [0, 0.05) is 22.9 Å². The van der Waals surface area contributed by atoms with Gasteiger partial charge in [-0.1, -0.05) is 38.5 Å². The number of aromatic nitrogens is 3. The Morgan fingerprint density at radius 2 is 1.68 bits per heavy atom. The lowest BCUT2D eigenvalue weighted by atomic mass is 9.91. The fourth-order valence-electron chi connectivity index (χ4n) is 2.22. The summed E-state index contributed by atoms with van der Waals surface area (Å²) < 4.78 is 29.5. The fraction of sp³-hybridized carbons (Fsp3) is 0.278. The van der Waals surface area contributed by atoms with Crippen LogP contribution in [-0.4, -0.2) is 22.8 Å². The highest BCUT2D eigenvalue weighted by molar-refractivity contribution is 7.93. The van der Waals surface area contributed by atoms with Crippen LogP contribution in [-0.2, 0) is 15.3 Å². The Labute approximate surface area is 151 Å². The van der Waals surface area contributed by atoms with Crippen LogP contribution >= 0.6 is 11.5 Å². The first-order chi connectivity index (χ1) is 11.7. The van der Waals surface area contributed by atoms with Crippen molar-refractivity contribution in [1.82, 2.24) is 14.3 Å². The smallest absolute Gasteiger partial charge is 0.235 e. The summed E-state index contributed by atoms with van der Waals surface area (Å²) in [5, 5.41) is 0. The van der Waals surface area contributed by atoms with Crippen molar-refractivity contribution in [2.24, 2.45) is 0 Å². The summed E-state index contributed by atoms with van der Waals surface area (Å²) in [5.74, 6) is 0.378. The molecule has 1 aromatic carbocycles. The van der Waals surface area contributed by atoms with Gasteiger partial charge < -0.3 is 0 Å². The molecule has 2 aromatic heterocycles. The molecule has 2 heterocycles. The van der Waals surface area contributed by atoms with E-state index in [-0.39, 0.29) is 14.7 Å². The minimum Gasteiger partial charge on any atom is -0.260 e. The summed E-state index contributed by atoms with van der Waals surface area (Å²) in [6, 6.07) is 10.5. The molecule has 25 heavy (non-hydrogen) atoms. The molecule has 0 amide bonds. The Balaban J connectivity index is 1.93. The molecular weight excluding hydrogens is 354 g/mol. The van der Waals surface area contributed by atoms with Crippen molar-refractivity contribution in [2.75, 3.05) is 0 Å². The number of pyridine rings is 1. The van der Waals surface area contributed by atoms with Crippen LogP contribution in [0.15, 0.2) is 51.8 Å². The summed E-state index contributed by atoms with van der Waals surface area (Å²) in [5.41, 5.74) is 2.61. The normalized spacial score (nSPS) is 12.3. The van der Waals surface area contributed by atoms with Gasteiger partial charge in [0.25, 0.3) is 0 Å². The predicted octanol–water partition coefficient (Wildman–Crippen LogP) is 4.04. The lowest BCUT2D eigenvalue weighted by Gasteiger charge is -2.17. The van der Waals surface area contributed by atoms with E-state index in [0.717, 1.165) is 22.8 Å². The van der Waals surface area contributed by atoms with E-state index in [1.165, 1.54) is 0 Å². The molecule has 0 radical (unpaired) electrons.